The van der Waals surface area contributed by atoms with Gasteiger partial charge in [-0.25, -0.2) is 0 Å². The maximum absolute atomic E-state index is 5.65. The second kappa shape index (κ2) is 8.70. The number of nitrogens with zero attached hydrogens (tertiary/aromatic N) is 1. The first-order valence-electron chi connectivity index (χ1n) is 9.34. The Hall–Kier alpha value is -1.55. The molecule has 1 heterocycles. The number of benzene rings is 1. The number of aryl methyl sites for hydroxylation is 1. The van der Waals surface area contributed by atoms with E-state index in [9.17, 15) is 0 Å². The van der Waals surface area contributed by atoms with Gasteiger partial charge >= 0.3 is 0 Å². The Bertz CT molecular complexity index is 696. The van der Waals surface area contributed by atoms with Crippen LogP contribution >= 0.6 is 15.9 Å². The highest BCUT2D eigenvalue weighted by molar-refractivity contribution is 9.10. The van der Waals surface area contributed by atoms with Crippen molar-refractivity contribution in [3.8, 4) is 5.75 Å². The van der Waals surface area contributed by atoms with Gasteiger partial charge in [0.25, 0.3) is 0 Å². The lowest BCUT2D eigenvalue weighted by Crippen LogP contribution is -2.25. The molecule has 0 unspecified atom stereocenters. The van der Waals surface area contributed by atoms with Crippen LogP contribution in [-0.4, -0.2) is 17.6 Å². The van der Waals surface area contributed by atoms with Crippen LogP contribution < -0.4 is 10.1 Å². The molecule has 1 aromatic carbocycles. The molecule has 134 valence electrons. The second-order valence-electron chi connectivity index (χ2n) is 6.67. The molecule has 0 radical (unpaired) electrons. The quantitative estimate of drug-likeness (QED) is 0.648. The highest BCUT2D eigenvalue weighted by atomic mass is 79.9. The first kappa shape index (κ1) is 18.2. The van der Waals surface area contributed by atoms with Gasteiger partial charge in [0.15, 0.2) is 0 Å². The number of anilines is 1. The van der Waals surface area contributed by atoms with Gasteiger partial charge in [-0.3, -0.25) is 4.98 Å². The summed E-state index contributed by atoms with van der Waals surface area (Å²) < 4.78 is 6.76. The number of nitrogens with one attached hydrogen (secondary N) is 1. The molecule has 3 rings (SSSR count). The third-order valence-electron chi connectivity index (χ3n) is 5.02. The Labute approximate surface area is 159 Å². The summed E-state index contributed by atoms with van der Waals surface area (Å²) in [6.07, 6.45) is 7.67. The van der Waals surface area contributed by atoms with Crippen molar-refractivity contribution in [2.24, 2.45) is 0 Å². The average Bonchev–Trinajstić information content (AvgIpc) is 2.65. The largest absolute Gasteiger partial charge is 0.494 e. The van der Waals surface area contributed by atoms with E-state index in [-0.39, 0.29) is 0 Å². The zero-order valence-electron chi connectivity index (χ0n) is 15.1. The molecule has 1 aromatic heterocycles. The Balaban J connectivity index is 1.60. The first-order valence-corrected chi connectivity index (χ1v) is 10.1. The fraction of sp³-hybridized carbons (Fsp3) is 0.476. The highest BCUT2D eigenvalue weighted by Gasteiger charge is 2.23. The fourth-order valence-electron chi connectivity index (χ4n) is 3.66. The molecule has 3 nitrogen and oxygen atoms in total. The van der Waals surface area contributed by atoms with Crippen molar-refractivity contribution in [1.82, 2.24) is 4.98 Å². The zero-order valence-corrected chi connectivity index (χ0v) is 16.7. The number of halogens is 1. The molecule has 25 heavy (non-hydrogen) atoms. The van der Waals surface area contributed by atoms with E-state index < -0.39 is 0 Å². The van der Waals surface area contributed by atoms with Crippen LogP contribution in [0.2, 0.25) is 0 Å². The van der Waals surface area contributed by atoms with E-state index in [1.165, 1.54) is 36.9 Å². The molecule has 0 aliphatic heterocycles. The summed E-state index contributed by atoms with van der Waals surface area (Å²) in [5, 5.41) is 3.72. The SMILES string of the molecule is CCOc1cccc([C@H]2CC[C@H](Nc3ccnc(CC)c3Br)CC2)c1. The fourth-order valence-corrected chi connectivity index (χ4v) is 4.29. The molecule has 0 bridgehead atoms. The lowest BCUT2D eigenvalue weighted by Gasteiger charge is -2.30. The van der Waals surface area contributed by atoms with Crippen molar-refractivity contribution in [1.29, 1.82) is 0 Å². The predicted molar refractivity (Wildman–Crippen MR) is 108 cm³/mol. The minimum absolute atomic E-state index is 0.537. The van der Waals surface area contributed by atoms with Crippen LogP contribution in [-0.2, 0) is 6.42 Å². The van der Waals surface area contributed by atoms with Gasteiger partial charge < -0.3 is 10.1 Å². The van der Waals surface area contributed by atoms with E-state index in [2.05, 4.69) is 57.4 Å². The highest BCUT2D eigenvalue weighted by Crippen LogP contribution is 2.36. The van der Waals surface area contributed by atoms with E-state index in [4.69, 9.17) is 4.74 Å². The van der Waals surface area contributed by atoms with E-state index in [1.807, 2.05) is 19.2 Å². The minimum atomic E-state index is 0.537. The van der Waals surface area contributed by atoms with Crippen LogP contribution in [0.15, 0.2) is 41.0 Å². The summed E-state index contributed by atoms with van der Waals surface area (Å²) in [4.78, 5) is 4.43. The Morgan fingerprint density at radius 2 is 1.96 bits per heavy atom. The van der Waals surface area contributed by atoms with Crippen molar-refractivity contribution >= 4 is 21.6 Å². The van der Waals surface area contributed by atoms with Crippen molar-refractivity contribution in [2.75, 3.05) is 11.9 Å². The lowest BCUT2D eigenvalue weighted by molar-refractivity contribution is 0.338. The molecule has 0 atom stereocenters. The molecule has 1 N–H and O–H groups in total. The number of ether oxygens (including phenoxy) is 1. The molecule has 0 spiro atoms. The molecule has 2 aromatic rings. The normalized spacial score (nSPS) is 20.3. The van der Waals surface area contributed by atoms with Gasteiger partial charge in [-0.1, -0.05) is 19.1 Å². The van der Waals surface area contributed by atoms with E-state index in [0.717, 1.165) is 28.9 Å². The standard InChI is InChI=1S/C21H27BrN2O/c1-3-19-21(22)20(12-13-23-19)24-17-10-8-15(9-11-17)16-6-5-7-18(14-16)25-4-2/h5-7,12-15,17H,3-4,8-11H2,1-2H3,(H,23,24)/t15-,17-. The predicted octanol–water partition coefficient (Wildman–Crippen LogP) is 5.94. The summed E-state index contributed by atoms with van der Waals surface area (Å²) in [6.45, 7) is 4.89. The summed E-state index contributed by atoms with van der Waals surface area (Å²) in [5.41, 5.74) is 3.71. The maximum Gasteiger partial charge on any atom is 0.119 e. The van der Waals surface area contributed by atoms with Crippen molar-refractivity contribution in [3.63, 3.8) is 0 Å². The number of hydrogen-bond acceptors (Lipinski definition) is 3. The topological polar surface area (TPSA) is 34.1 Å². The van der Waals surface area contributed by atoms with Gasteiger partial charge in [-0.05, 0) is 84.6 Å². The van der Waals surface area contributed by atoms with Crippen LogP contribution in [0.4, 0.5) is 5.69 Å². The van der Waals surface area contributed by atoms with Crippen molar-refractivity contribution < 1.29 is 4.74 Å². The van der Waals surface area contributed by atoms with Crippen LogP contribution in [0.3, 0.4) is 0 Å². The summed E-state index contributed by atoms with van der Waals surface area (Å²) in [7, 11) is 0. The van der Waals surface area contributed by atoms with Gasteiger partial charge in [0.2, 0.25) is 0 Å². The van der Waals surface area contributed by atoms with Gasteiger partial charge in [0.1, 0.15) is 5.75 Å². The number of aromatic nitrogens is 1. The summed E-state index contributed by atoms with van der Waals surface area (Å²) >= 11 is 3.70. The zero-order chi connectivity index (χ0) is 17.6. The molecule has 1 aliphatic rings. The maximum atomic E-state index is 5.65. The van der Waals surface area contributed by atoms with Crippen LogP contribution in [0.1, 0.15) is 56.7 Å². The van der Waals surface area contributed by atoms with Crippen LogP contribution in [0.25, 0.3) is 0 Å². The Morgan fingerprint density at radius 3 is 2.68 bits per heavy atom. The molecule has 1 fully saturated rings. The van der Waals surface area contributed by atoms with Gasteiger partial charge in [-0.2, -0.15) is 0 Å². The molecule has 1 aliphatic carbocycles. The molecule has 0 saturated heterocycles. The third-order valence-corrected chi connectivity index (χ3v) is 5.91. The van der Waals surface area contributed by atoms with Crippen LogP contribution in [0.5, 0.6) is 5.75 Å². The second-order valence-corrected chi connectivity index (χ2v) is 7.46. The molecular weight excluding hydrogens is 376 g/mol. The third kappa shape index (κ3) is 4.55. The molecular formula is C21H27BrN2O. The summed E-state index contributed by atoms with van der Waals surface area (Å²) in [5.74, 6) is 1.64. The molecule has 1 saturated carbocycles. The smallest absolute Gasteiger partial charge is 0.119 e. The first-order chi connectivity index (χ1) is 12.2. The van der Waals surface area contributed by atoms with Crippen molar-refractivity contribution in [2.45, 2.75) is 57.9 Å². The van der Waals surface area contributed by atoms with Gasteiger partial charge in [-0.15, -0.1) is 0 Å². The monoisotopic (exact) mass is 402 g/mol. The van der Waals surface area contributed by atoms with E-state index in [0.29, 0.717) is 12.0 Å². The number of pyridine rings is 1. The van der Waals surface area contributed by atoms with Crippen molar-refractivity contribution in [3.05, 3.63) is 52.3 Å². The molecule has 4 heteroatoms. The lowest BCUT2D eigenvalue weighted by atomic mass is 9.81. The number of hydrogen-bond donors (Lipinski definition) is 1. The van der Waals surface area contributed by atoms with E-state index in [1.54, 1.807) is 0 Å². The minimum Gasteiger partial charge on any atom is -0.494 e. The Morgan fingerprint density at radius 1 is 1.16 bits per heavy atom. The van der Waals surface area contributed by atoms with Crippen LogP contribution in [0, 0.1) is 0 Å². The van der Waals surface area contributed by atoms with E-state index >= 15 is 0 Å². The Kier molecular flexibility index (Phi) is 6.35. The van der Waals surface area contributed by atoms with Gasteiger partial charge in [0.05, 0.1) is 22.5 Å². The summed E-state index contributed by atoms with van der Waals surface area (Å²) in [6, 6.07) is 11.2. The average molecular weight is 403 g/mol. The van der Waals surface area contributed by atoms with Gasteiger partial charge in [0, 0.05) is 12.2 Å². The number of rotatable bonds is 6. The molecule has 0 amide bonds.